The van der Waals surface area contributed by atoms with E-state index in [9.17, 15) is 14.9 Å². The molecule has 0 saturated heterocycles. The summed E-state index contributed by atoms with van der Waals surface area (Å²) in [7, 11) is -5.05. The van der Waals surface area contributed by atoms with Gasteiger partial charge in [-0.25, -0.2) is 4.79 Å². The molecule has 3 rings (SSSR count). The van der Waals surface area contributed by atoms with Crippen LogP contribution in [-0.2, 0) is 38.5 Å². The van der Waals surface area contributed by atoms with E-state index in [4.69, 9.17) is 36.7 Å². The van der Waals surface area contributed by atoms with Crippen molar-refractivity contribution in [1.29, 1.82) is 0 Å². The lowest BCUT2D eigenvalue weighted by Gasteiger charge is -2.45. The van der Waals surface area contributed by atoms with E-state index in [1.807, 2.05) is 37.3 Å². The van der Waals surface area contributed by atoms with Crippen LogP contribution >= 0.6 is 0 Å². The number of benzene rings is 2. The van der Waals surface area contributed by atoms with Gasteiger partial charge < -0.3 is 36.7 Å². The Hall–Kier alpha value is -3.04. The van der Waals surface area contributed by atoms with Crippen molar-refractivity contribution >= 4 is 44.9 Å². The minimum Gasteiger partial charge on any atom is -0.497 e. The van der Waals surface area contributed by atoms with Gasteiger partial charge in [0.25, 0.3) is 5.69 Å². The SMILES string of the molecule is CC[Si](CC)(CC)O[C@H]1CC(C[C@@H](O[Si](CC)(CC)CC)[C@H](C)/C=C/C=C(\C)[C@H](C[C@H](OC(=O)c2ccc([N+](=O)[O-])cc2)[C@H](C)[C@@H](OC)/C(C)=C/COCc2ccc(OC)cc2)O[Si](C(C)C)(C(C)C)C(C)C)C[C@H]1O[Si](CC)(CC)CC. The van der Waals surface area contributed by atoms with Crippen molar-refractivity contribution in [1.82, 2.24) is 0 Å². The standard InChI is InChI=1S/C67H117NO11Si4/c1-22-80(23-2,24-3)76-61(44-57-45-64(77-81(25-4,26-5)27-6)65(46-57)78-82(28-7,29-8)30-9)52(16)32-31-33-53(17)62(79-83(49(10)11,50(12)13)51(14)15)47-63(75-67(69)58-36-38-59(39-37-58)68(70)71)55(19)66(73-21)54(18)42-43-74-48-56-34-40-60(72-20)41-35-56/h31-42,49-52,55,57,61-66H,22-30,43-48H2,1-21H3/b32-31+,53-33+,54-42+/t52-,55+,57?,61-,62+,63+,64-,65+,66+/m1/s1. The number of methoxy groups -OCH3 is 2. The molecule has 0 aliphatic heterocycles. The second-order valence-electron chi connectivity index (χ2n) is 25.2. The van der Waals surface area contributed by atoms with Crippen molar-refractivity contribution in [2.45, 2.75) is 271 Å². The Kier molecular flexibility index (Phi) is 31.9. The van der Waals surface area contributed by atoms with Gasteiger partial charge in [0.1, 0.15) is 11.9 Å². The molecule has 1 saturated carbocycles. The predicted molar refractivity (Wildman–Crippen MR) is 355 cm³/mol. The van der Waals surface area contributed by atoms with Gasteiger partial charge in [0, 0.05) is 31.6 Å². The highest BCUT2D eigenvalue weighted by molar-refractivity contribution is 6.77. The molecule has 0 amide bonds. The summed E-state index contributed by atoms with van der Waals surface area (Å²) >= 11 is 0. The summed E-state index contributed by atoms with van der Waals surface area (Å²) in [6.07, 6.45) is 11.0. The molecular weight excluding hydrogens is 1110 g/mol. The highest BCUT2D eigenvalue weighted by Gasteiger charge is 2.49. The first-order valence-corrected chi connectivity index (χ1v) is 42.0. The molecule has 83 heavy (non-hydrogen) atoms. The number of nitro benzene ring substituents is 1. The molecule has 1 fully saturated rings. The smallest absolute Gasteiger partial charge is 0.338 e. The van der Waals surface area contributed by atoms with Crippen LogP contribution in [0.1, 0.15) is 173 Å². The van der Waals surface area contributed by atoms with E-state index in [0.717, 1.165) is 96.1 Å². The summed E-state index contributed by atoms with van der Waals surface area (Å²) in [6, 6.07) is 23.5. The third-order valence-electron chi connectivity index (χ3n) is 19.8. The molecule has 0 spiro atoms. The van der Waals surface area contributed by atoms with Crippen molar-refractivity contribution < 1.29 is 46.4 Å². The highest BCUT2D eigenvalue weighted by atomic mass is 28.4. The first-order valence-electron chi connectivity index (χ1n) is 32.3. The number of hydrogen-bond acceptors (Lipinski definition) is 11. The van der Waals surface area contributed by atoms with Gasteiger partial charge in [0.15, 0.2) is 25.0 Å². The maximum atomic E-state index is 14.4. The fourth-order valence-electron chi connectivity index (χ4n) is 13.5. The van der Waals surface area contributed by atoms with Crippen molar-refractivity contribution in [3.8, 4) is 5.75 Å². The Morgan fingerprint density at radius 3 is 1.59 bits per heavy atom. The molecule has 1 aliphatic rings. The van der Waals surface area contributed by atoms with Crippen molar-refractivity contribution in [3.05, 3.63) is 105 Å². The summed E-state index contributed by atoms with van der Waals surface area (Å²) in [6.45, 7) is 44.2. The van der Waals surface area contributed by atoms with Gasteiger partial charge in [0.2, 0.25) is 8.32 Å². The van der Waals surface area contributed by atoms with Crippen LogP contribution in [0.5, 0.6) is 5.75 Å². The summed E-state index contributed by atoms with van der Waals surface area (Å²) in [4.78, 5) is 25.5. The number of ether oxygens (including phenoxy) is 4. The van der Waals surface area contributed by atoms with Gasteiger partial charge in [-0.3, -0.25) is 10.1 Å². The summed E-state index contributed by atoms with van der Waals surface area (Å²) in [5.74, 6) is 0.440. The van der Waals surface area contributed by atoms with Gasteiger partial charge in [0.05, 0.1) is 61.3 Å². The zero-order valence-corrected chi connectivity index (χ0v) is 59.9. The molecule has 0 radical (unpaired) electrons. The second kappa shape index (κ2) is 35.7. The average molecular weight is 1230 g/mol. The van der Waals surface area contributed by atoms with Gasteiger partial charge in [-0.15, -0.1) is 0 Å². The van der Waals surface area contributed by atoms with Crippen molar-refractivity contribution in [2.75, 3.05) is 20.8 Å². The molecule has 0 bridgehead atoms. The third-order valence-corrected chi connectivity index (χ3v) is 39.9. The van der Waals surface area contributed by atoms with E-state index in [0.29, 0.717) is 42.2 Å². The molecule has 472 valence electrons. The molecule has 12 nitrogen and oxygen atoms in total. The predicted octanol–water partition coefficient (Wildman–Crippen LogP) is 19.0. The number of carbonyl (C=O) groups excluding carboxylic acids is 1. The quantitative estimate of drug-likeness (QED) is 0.0120. The summed E-state index contributed by atoms with van der Waals surface area (Å²) in [5, 5.41) is 11.6. The number of nitrogens with zero attached hydrogens (tertiary/aromatic N) is 1. The molecule has 1 unspecified atom stereocenters. The lowest BCUT2D eigenvalue weighted by Crippen LogP contribution is -2.51. The van der Waals surface area contributed by atoms with Gasteiger partial charge in [-0.1, -0.05) is 154 Å². The zero-order valence-electron chi connectivity index (χ0n) is 55.9. The number of carbonyl (C=O) groups is 1. The minimum atomic E-state index is -2.55. The first kappa shape index (κ1) is 74.2. The van der Waals surface area contributed by atoms with E-state index in [1.54, 1.807) is 14.2 Å². The molecule has 1 aliphatic carbocycles. The second-order valence-corrected chi connectivity index (χ2v) is 44.7. The minimum absolute atomic E-state index is 0.0426. The van der Waals surface area contributed by atoms with Crippen LogP contribution in [0.2, 0.25) is 71.0 Å². The number of nitro groups is 1. The molecule has 0 aromatic heterocycles. The number of non-ortho nitro benzene ring substituents is 1. The van der Waals surface area contributed by atoms with E-state index in [1.165, 1.54) is 24.3 Å². The summed E-state index contributed by atoms with van der Waals surface area (Å²) in [5.41, 5.74) is 4.03. The Labute approximate surface area is 509 Å². The maximum Gasteiger partial charge on any atom is 0.338 e. The van der Waals surface area contributed by atoms with Gasteiger partial charge >= 0.3 is 5.97 Å². The monoisotopic (exact) mass is 1220 g/mol. The fraction of sp³-hybridized carbons (Fsp3) is 0.716. The number of allylic oxidation sites excluding steroid dienone is 2. The van der Waals surface area contributed by atoms with Crippen LogP contribution in [0.15, 0.2) is 84.0 Å². The van der Waals surface area contributed by atoms with Crippen LogP contribution in [0, 0.1) is 27.9 Å². The largest absolute Gasteiger partial charge is 0.497 e. The van der Waals surface area contributed by atoms with Crippen LogP contribution < -0.4 is 4.74 Å². The zero-order chi connectivity index (χ0) is 62.3. The number of esters is 1. The fourth-order valence-corrected chi connectivity index (χ4v) is 27.8. The molecular formula is C67H117NO11Si4. The normalized spacial score (nSPS) is 19.2. The Morgan fingerprint density at radius 2 is 1.16 bits per heavy atom. The number of rotatable bonds is 40. The van der Waals surface area contributed by atoms with E-state index in [2.05, 4.69) is 143 Å². The van der Waals surface area contributed by atoms with Gasteiger partial charge in [-0.2, -0.15) is 0 Å². The molecule has 9 atom stereocenters. The van der Waals surface area contributed by atoms with Crippen LogP contribution in [0.25, 0.3) is 0 Å². The Morgan fingerprint density at radius 1 is 0.663 bits per heavy atom. The lowest BCUT2D eigenvalue weighted by atomic mass is 9.88. The van der Waals surface area contributed by atoms with E-state index < -0.39 is 62.5 Å². The van der Waals surface area contributed by atoms with E-state index in [-0.39, 0.29) is 41.4 Å². The number of hydrogen-bond donors (Lipinski definition) is 0. The molecule has 0 N–H and O–H groups in total. The molecule has 2 aromatic carbocycles. The first-order chi connectivity index (χ1) is 39.3. The Balaban J connectivity index is 2.17. The summed E-state index contributed by atoms with van der Waals surface area (Å²) < 4.78 is 54.7. The topological polar surface area (TPSA) is 134 Å². The molecule has 16 heteroatoms. The van der Waals surface area contributed by atoms with Gasteiger partial charge in [-0.05, 0) is 157 Å². The van der Waals surface area contributed by atoms with Crippen LogP contribution in [0.3, 0.4) is 0 Å². The third kappa shape index (κ3) is 20.5. The lowest BCUT2D eigenvalue weighted by molar-refractivity contribution is -0.384. The maximum absolute atomic E-state index is 14.4. The van der Waals surface area contributed by atoms with E-state index >= 15 is 0 Å². The van der Waals surface area contributed by atoms with Crippen molar-refractivity contribution in [3.63, 3.8) is 0 Å². The molecule has 0 heterocycles. The average Bonchev–Trinajstić information content (AvgIpc) is 4.14. The van der Waals surface area contributed by atoms with Crippen LogP contribution in [-0.4, -0.2) is 102 Å². The van der Waals surface area contributed by atoms with Crippen LogP contribution in [0.4, 0.5) is 5.69 Å². The van der Waals surface area contributed by atoms with Crippen molar-refractivity contribution in [2.24, 2.45) is 17.8 Å². The Bertz CT molecular complexity index is 2220. The highest BCUT2D eigenvalue weighted by Crippen LogP contribution is 2.46. The molecule has 2 aromatic rings.